The molecule has 0 amide bonds. The maximum atomic E-state index is 14.6. The highest BCUT2D eigenvalue weighted by Crippen LogP contribution is 2.22. The molecule has 11 heteroatoms. The lowest BCUT2D eigenvalue weighted by Crippen LogP contribution is -2.42. The van der Waals surface area contributed by atoms with E-state index in [-0.39, 0.29) is 22.6 Å². The van der Waals surface area contributed by atoms with Gasteiger partial charge in [0.2, 0.25) is 0 Å². The van der Waals surface area contributed by atoms with Crippen molar-refractivity contribution in [2.45, 2.75) is 13.5 Å². The highest BCUT2D eigenvalue weighted by atomic mass is 19.2. The van der Waals surface area contributed by atoms with Crippen molar-refractivity contribution in [2.75, 3.05) is 0 Å². The second-order valence-electron chi connectivity index (χ2n) is 8.67. The minimum atomic E-state index is -1.35. The van der Waals surface area contributed by atoms with Crippen LogP contribution in [-0.4, -0.2) is 29.1 Å². The summed E-state index contributed by atoms with van der Waals surface area (Å²) in [5, 5.41) is 9.52. The summed E-state index contributed by atoms with van der Waals surface area (Å²) in [5.74, 6) is -3.65. The van der Waals surface area contributed by atoms with Gasteiger partial charge in [-0.3, -0.25) is 14.3 Å². The average Bonchev–Trinajstić information content (AvgIpc) is 3.33. The Bertz CT molecular complexity index is 2010. The normalized spacial score (nSPS) is 11.5. The molecule has 0 unspecified atom stereocenters. The van der Waals surface area contributed by atoms with Gasteiger partial charge < -0.3 is 0 Å². The van der Waals surface area contributed by atoms with Gasteiger partial charge in [-0.05, 0) is 25.1 Å². The number of halogens is 3. The predicted molar refractivity (Wildman–Crippen MR) is 134 cm³/mol. The van der Waals surface area contributed by atoms with Crippen molar-refractivity contribution >= 4 is 21.8 Å². The molecular weight excluding hydrogens is 497 g/mol. The minimum Gasteiger partial charge on any atom is -0.291 e. The Balaban J connectivity index is 1.71. The SMILES string of the molecule is Cc1c(-n2nnc3ccccc32)c(=O)n(-c2cncc3ccccc23)c(=O)n1Cc1cc(F)c(F)cc1F. The Morgan fingerprint density at radius 3 is 2.45 bits per heavy atom. The molecule has 3 aromatic heterocycles. The molecule has 6 rings (SSSR count). The van der Waals surface area contributed by atoms with Crippen LogP contribution in [0.2, 0.25) is 0 Å². The van der Waals surface area contributed by atoms with Crippen molar-refractivity contribution < 1.29 is 13.2 Å². The fourth-order valence-electron chi connectivity index (χ4n) is 4.55. The maximum Gasteiger partial charge on any atom is 0.336 e. The van der Waals surface area contributed by atoms with E-state index in [0.29, 0.717) is 33.9 Å². The van der Waals surface area contributed by atoms with Gasteiger partial charge in [0.05, 0.1) is 29.6 Å². The van der Waals surface area contributed by atoms with Crippen LogP contribution in [0.4, 0.5) is 13.2 Å². The number of rotatable bonds is 4. The highest BCUT2D eigenvalue weighted by molar-refractivity contribution is 5.89. The lowest BCUT2D eigenvalue weighted by Gasteiger charge is -2.18. The van der Waals surface area contributed by atoms with Crippen LogP contribution in [0.15, 0.2) is 82.6 Å². The van der Waals surface area contributed by atoms with Gasteiger partial charge >= 0.3 is 5.69 Å². The number of pyridine rings is 1. The lowest BCUT2D eigenvalue weighted by molar-refractivity contribution is 0.486. The van der Waals surface area contributed by atoms with E-state index in [1.54, 1.807) is 54.7 Å². The first kappa shape index (κ1) is 23.3. The van der Waals surface area contributed by atoms with Crippen LogP contribution in [0.1, 0.15) is 11.3 Å². The van der Waals surface area contributed by atoms with Crippen molar-refractivity contribution in [3.8, 4) is 11.4 Å². The van der Waals surface area contributed by atoms with Crippen molar-refractivity contribution in [3.05, 3.63) is 123 Å². The number of nitrogens with zero attached hydrogens (tertiary/aromatic N) is 6. The van der Waals surface area contributed by atoms with E-state index in [1.807, 2.05) is 0 Å². The van der Waals surface area contributed by atoms with E-state index >= 15 is 0 Å². The molecule has 0 saturated carbocycles. The minimum absolute atomic E-state index is 0.0192. The van der Waals surface area contributed by atoms with E-state index in [9.17, 15) is 22.8 Å². The summed E-state index contributed by atoms with van der Waals surface area (Å²) in [5.41, 5.74) is -0.480. The maximum absolute atomic E-state index is 14.6. The zero-order valence-corrected chi connectivity index (χ0v) is 19.8. The third-order valence-electron chi connectivity index (χ3n) is 6.44. The summed E-state index contributed by atoms with van der Waals surface area (Å²) in [6.45, 7) is 1.02. The van der Waals surface area contributed by atoms with Gasteiger partial charge in [-0.1, -0.05) is 41.6 Å². The van der Waals surface area contributed by atoms with Crippen molar-refractivity contribution in [3.63, 3.8) is 0 Å². The van der Waals surface area contributed by atoms with Gasteiger partial charge in [0.15, 0.2) is 17.3 Å². The lowest BCUT2D eigenvalue weighted by atomic mass is 10.1. The molecule has 3 aromatic carbocycles. The molecule has 6 aromatic rings. The number of hydrogen-bond acceptors (Lipinski definition) is 5. The molecule has 0 N–H and O–H groups in total. The summed E-state index contributed by atoms with van der Waals surface area (Å²) >= 11 is 0. The molecule has 0 aliphatic heterocycles. The third kappa shape index (κ3) is 3.59. The second-order valence-corrected chi connectivity index (χ2v) is 8.67. The fraction of sp³-hybridized carbons (Fsp3) is 0.0741. The summed E-state index contributed by atoms with van der Waals surface area (Å²) < 4.78 is 45.6. The monoisotopic (exact) mass is 514 g/mol. The van der Waals surface area contributed by atoms with Crippen molar-refractivity contribution in [1.29, 1.82) is 0 Å². The standard InChI is InChI=1S/C27H17F3N6O2/c1-15-25(36-23-9-5-4-8-22(23)32-33-36)26(37)35(24-13-31-12-16-6-2-3-7-18(16)24)27(38)34(15)14-17-10-20(29)21(30)11-19(17)28/h2-13H,14H2,1H3. The van der Waals surface area contributed by atoms with E-state index < -0.39 is 35.2 Å². The average molecular weight is 514 g/mol. The molecule has 0 bridgehead atoms. The summed E-state index contributed by atoms with van der Waals surface area (Å²) in [6.07, 6.45) is 2.98. The number of fused-ring (bicyclic) bond motifs is 2. The molecule has 3 heterocycles. The fourth-order valence-corrected chi connectivity index (χ4v) is 4.55. The Labute approximate surface area is 211 Å². The van der Waals surface area contributed by atoms with Crippen LogP contribution in [0.3, 0.4) is 0 Å². The second kappa shape index (κ2) is 8.80. The first-order chi connectivity index (χ1) is 18.3. The molecule has 0 radical (unpaired) electrons. The summed E-state index contributed by atoms with van der Waals surface area (Å²) in [4.78, 5) is 32.1. The van der Waals surface area contributed by atoms with Crippen LogP contribution < -0.4 is 11.2 Å². The Morgan fingerprint density at radius 2 is 1.61 bits per heavy atom. The topological polar surface area (TPSA) is 87.6 Å². The molecule has 0 spiro atoms. The van der Waals surface area contributed by atoms with Gasteiger partial charge in [0.25, 0.3) is 5.56 Å². The molecule has 0 saturated heterocycles. The molecular formula is C27H17F3N6O2. The summed E-state index contributed by atoms with van der Waals surface area (Å²) in [6, 6.07) is 15.1. The third-order valence-corrected chi connectivity index (χ3v) is 6.44. The number of para-hydroxylation sites is 1. The van der Waals surface area contributed by atoms with Crippen LogP contribution in [0, 0.1) is 24.4 Å². The van der Waals surface area contributed by atoms with Crippen LogP contribution in [-0.2, 0) is 6.54 Å². The van der Waals surface area contributed by atoms with Crippen molar-refractivity contribution in [1.82, 2.24) is 29.1 Å². The van der Waals surface area contributed by atoms with E-state index in [2.05, 4.69) is 15.3 Å². The molecule has 0 atom stereocenters. The van der Waals surface area contributed by atoms with Gasteiger partial charge in [-0.15, -0.1) is 5.10 Å². The highest BCUT2D eigenvalue weighted by Gasteiger charge is 2.23. The van der Waals surface area contributed by atoms with Gasteiger partial charge in [0, 0.05) is 28.6 Å². The van der Waals surface area contributed by atoms with Crippen LogP contribution >= 0.6 is 0 Å². The first-order valence-electron chi connectivity index (χ1n) is 11.5. The molecule has 0 aliphatic rings. The zero-order valence-electron chi connectivity index (χ0n) is 19.8. The van der Waals surface area contributed by atoms with Crippen molar-refractivity contribution in [2.24, 2.45) is 0 Å². The first-order valence-corrected chi connectivity index (χ1v) is 11.5. The van der Waals surface area contributed by atoms with Gasteiger partial charge in [0.1, 0.15) is 11.3 Å². The van der Waals surface area contributed by atoms with Gasteiger partial charge in [-0.25, -0.2) is 27.2 Å². The number of aromatic nitrogens is 6. The Kier molecular flexibility index (Phi) is 5.41. The predicted octanol–water partition coefficient (Wildman–Crippen LogP) is 4.06. The molecule has 0 aliphatic carbocycles. The van der Waals surface area contributed by atoms with E-state index in [4.69, 9.17) is 0 Å². The largest absolute Gasteiger partial charge is 0.336 e. The molecule has 38 heavy (non-hydrogen) atoms. The Morgan fingerprint density at radius 1 is 0.868 bits per heavy atom. The van der Waals surface area contributed by atoms with Crippen LogP contribution in [0.5, 0.6) is 0 Å². The molecule has 8 nitrogen and oxygen atoms in total. The van der Waals surface area contributed by atoms with E-state index in [1.165, 1.54) is 17.8 Å². The summed E-state index contributed by atoms with van der Waals surface area (Å²) in [7, 11) is 0. The smallest absolute Gasteiger partial charge is 0.291 e. The Hall–Kier alpha value is -5.06. The number of benzene rings is 3. The quantitative estimate of drug-likeness (QED) is 0.331. The molecule has 188 valence electrons. The molecule has 0 fully saturated rings. The zero-order chi connectivity index (χ0) is 26.6. The number of hydrogen-bond donors (Lipinski definition) is 0. The van der Waals surface area contributed by atoms with Crippen LogP contribution in [0.25, 0.3) is 33.2 Å². The van der Waals surface area contributed by atoms with Gasteiger partial charge in [-0.2, -0.15) is 0 Å². The van der Waals surface area contributed by atoms with E-state index in [0.717, 1.165) is 9.13 Å².